The number of nitrogens with one attached hydrogen (secondary N) is 1. The van der Waals surface area contributed by atoms with Gasteiger partial charge in [0.15, 0.2) is 0 Å². The number of carbonyl (C=O) groups is 1. The van der Waals surface area contributed by atoms with E-state index in [2.05, 4.69) is 24.0 Å². The lowest BCUT2D eigenvalue weighted by Crippen LogP contribution is -2.32. The molecule has 0 radical (unpaired) electrons. The number of thiol groups is 1. The number of hydrogen-bond donors (Lipinski definition) is 2. The summed E-state index contributed by atoms with van der Waals surface area (Å²) in [7, 11) is 0. The third-order valence-electron chi connectivity index (χ3n) is 3.12. The van der Waals surface area contributed by atoms with Crippen molar-refractivity contribution in [1.29, 1.82) is 5.26 Å². The predicted octanol–water partition coefficient (Wildman–Crippen LogP) is 2.72. The maximum absolute atomic E-state index is 12.0. The van der Waals surface area contributed by atoms with Gasteiger partial charge in [-0.2, -0.15) is 17.9 Å². The SMILES string of the molecule is N#Cc1ccc(CNC(=O)C(S)Cc2ccccc2)cc1. The van der Waals surface area contributed by atoms with Crippen molar-refractivity contribution in [3.8, 4) is 6.07 Å². The standard InChI is InChI=1S/C17H16N2OS/c18-11-14-6-8-15(9-7-14)12-19-17(20)16(21)10-13-4-2-1-3-5-13/h1-9,16,21H,10,12H2,(H,19,20). The van der Waals surface area contributed by atoms with Gasteiger partial charge in [0.25, 0.3) is 0 Å². The highest BCUT2D eigenvalue weighted by atomic mass is 32.1. The molecule has 2 aromatic carbocycles. The molecular weight excluding hydrogens is 280 g/mol. The van der Waals surface area contributed by atoms with Crippen molar-refractivity contribution in [2.75, 3.05) is 0 Å². The first-order valence-electron chi connectivity index (χ1n) is 6.68. The summed E-state index contributed by atoms with van der Waals surface area (Å²) in [5, 5.41) is 11.2. The molecule has 0 bridgehead atoms. The summed E-state index contributed by atoms with van der Waals surface area (Å²) in [6.45, 7) is 0.441. The van der Waals surface area contributed by atoms with Crippen molar-refractivity contribution in [2.24, 2.45) is 0 Å². The smallest absolute Gasteiger partial charge is 0.233 e. The number of amides is 1. The second-order valence-corrected chi connectivity index (χ2v) is 5.36. The van der Waals surface area contributed by atoms with Crippen LogP contribution in [0, 0.1) is 11.3 Å². The molecule has 1 atom stereocenters. The van der Waals surface area contributed by atoms with Crippen LogP contribution in [0.2, 0.25) is 0 Å². The Morgan fingerprint density at radius 3 is 2.38 bits per heavy atom. The highest BCUT2D eigenvalue weighted by molar-refractivity contribution is 7.81. The zero-order chi connectivity index (χ0) is 15.1. The molecule has 0 saturated carbocycles. The van der Waals surface area contributed by atoms with Crippen molar-refractivity contribution in [3.63, 3.8) is 0 Å². The van der Waals surface area contributed by atoms with Crippen molar-refractivity contribution in [2.45, 2.75) is 18.2 Å². The summed E-state index contributed by atoms with van der Waals surface area (Å²) < 4.78 is 0. The minimum Gasteiger partial charge on any atom is -0.351 e. The van der Waals surface area contributed by atoms with Crippen LogP contribution in [0.15, 0.2) is 54.6 Å². The summed E-state index contributed by atoms with van der Waals surface area (Å²) in [6, 6.07) is 19.0. The van der Waals surface area contributed by atoms with Crippen LogP contribution in [0.1, 0.15) is 16.7 Å². The first-order chi connectivity index (χ1) is 10.2. The predicted molar refractivity (Wildman–Crippen MR) is 85.9 cm³/mol. The molecule has 1 amide bonds. The molecule has 0 spiro atoms. The van der Waals surface area contributed by atoms with Gasteiger partial charge in [-0.05, 0) is 29.7 Å². The Morgan fingerprint density at radius 1 is 1.10 bits per heavy atom. The van der Waals surface area contributed by atoms with Gasteiger partial charge < -0.3 is 5.32 Å². The number of nitriles is 1. The number of benzene rings is 2. The highest BCUT2D eigenvalue weighted by Gasteiger charge is 2.13. The quantitative estimate of drug-likeness (QED) is 0.834. The van der Waals surface area contributed by atoms with E-state index in [0.717, 1.165) is 11.1 Å². The van der Waals surface area contributed by atoms with Crippen LogP contribution in [0.4, 0.5) is 0 Å². The Labute approximate surface area is 130 Å². The topological polar surface area (TPSA) is 52.9 Å². The molecule has 0 aromatic heterocycles. The van der Waals surface area contributed by atoms with Crippen molar-refractivity contribution in [3.05, 3.63) is 71.3 Å². The minimum atomic E-state index is -0.370. The Morgan fingerprint density at radius 2 is 1.76 bits per heavy atom. The number of nitrogens with zero attached hydrogens (tertiary/aromatic N) is 1. The minimum absolute atomic E-state index is 0.0912. The molecule has 0 aliphatic carbocycles. The highest BCUT2D eigenvalue weighted by Crippen LogP contribution is 2.08. The molecule has 3 nitrogen and oxygen atoms in total. The zero-order valence-electron chi connectivity index (χ0n) is 11.5. The average Bonchev–Trinajstić information content (AvgIpc) is 2.54. The average molecular weight is 296 g/mol. The van der Waals surface area contributed by atoms with E-state index < -0.39 is 0 Å². The second-order valence-electron chi connectivity index (χ2n) is 4.73. The molecule has 0 saturated heterocycles. The first-order valence-corrected chi connectivity index (χ1v) is 7.19. The third-order valence-corrected chi connectivity index (χ3v) is 3.54. The maximum atomic E-state index is 12.0. The lowest BCUT2D eigenvalue weighted by Gasteiger charge is -2.11. The van der Waals surface area contributed by atoms with Crippen LogP contribution >= 0.6 is 12.6 Å². The monoisotopic (exact) mass is 296 g/mol. The number of rotatable bonds is 5. The fourth-order valence-corrected chi connectivity index (χ4v) is 2.24. The van der Waals surface area contributed by atoms with Crippen molar-refractivity contribution in [1.82, 2.24) is 5.32 Å². The van der Waals surface area contributed by atoms with Gasteiger partial charge >= 0.3 is 0 Å². The summed E-state index contributed by atoms with van der Waals surface area (Å²) >= 11 is 4.36. The van der Waals surface area contributed by atoms with Crippen LogP contribution in [0.5, 0.6) is 0 Å². The van der Waals surface area contributed by atoms with Gasteiger partial charge in [0.05, 0.1) is 16.9 Å². The molecule has 4 heteroatoms. The summed E-state index contributed by atoms with van der Waals surface area (Å²) in [5.41, 5.74) is 2.66. The molecule has 1 N–H and O–H groups in total. The lowest BCUT2D eigenvalue weighted by atomic mass is 10.1. The maximum Gasteiger partial charge on any atom is 0.233 e. The molecular formula is C17H16N2OS. The third kappa shape index (κ3) is 4.66. The van der Waals surface area contributed by atoms with Crippen LogP contribution in [0.3, 0.4) is 0 Å². The Balaban J connectivity index is 1.84. The Kier molecular flexibility index (Phi) is 5.42. The molecule has 1 unspecified atom stereocenters. The summed E-state index contributed by atoms with van der Waals surface area (Å²) in [4.78, 5) is 12.0. The zero-order valence-corrected chi connectivity index (χ0v) is 12.4. The number of hydrogen-bond acceptors (Lipinski definition) is 3. The molecule has 0 aliphatic heterocycles. The Bertz CT molecular complexity index is 632. The van der Waals surface area contributed by atoms with E-state index in [1.807, 2.05) is 42.5 Å². The van der Waals surface area contributed by atoms with E-state index in [4.69, 9.17) is 5.26 Å². The fourth-order valence-electron chi connectivity index (χ4n) is 1.93. The van der Waals surface area contributed by atoms with Gasteiger partial charge in [-0.15, -0.1) is 0 Å². The van der Waals surface area contributed by atoms with E-state index in [0.29, 0.717) is 18.5 Å². The number of carbonyl (C=O) groups excluding carboxylic acids is 1. The summed E-state index contributed by atoms with van der Waals surface area (Å²) in [6.07, 6.45) is 0.600. The molecule has 0 fully saturated rings. The van der Waals surface area contributed by atoms with Gasteiger partial charge in [-0.1, -0.05) is 42.5 Å². The molecule has 21 heavy (non-hydrogen) atoms. The molecule has 106 valence electrons. The normalized spacial score (nSPS) is 11.4. The van der Waals surface area contributed by atoms with Crippen LogP contribution in [-0.2, 0) is 17.8 Å². The van der Waals surface area contributed by atoms with Gasteiger partial charge in [-0.25, -0.2) is 0 Å². The second kappa shape index (κ2) is 7.51. The first kappa shape index (κ1) is 15.1. The van der Waals surface area contributed by atoms with Crippen molar-refractivity contribution < 1.29 is 4.79 Å². The van der Waals surface area contributed by atoms with Crippen LogP contribution in [-0.4, -0.2) is 11.2 Å². The van der Waals surface area contributed by atoms with Crippen LogP contribution in [0.25, 0.3) is 0 Å². The fraction of sp³-hybridized carbons (Fsp3) is 0.176. The van der Waals surface area contributed by atoms with E-state index in [1.54, 1.807) is 12.1 Å². The molecule has 0 aliphatic rings. The molecule has 2 rings (SSSR count). The van der Waals surface area contributed by atoms with Gasteiger partial charge in [0.1, 0.15) is 0 Å². The van der Waals surface area contributed by atoms with E-state index >= 15 is 0 Å². The van der Waals surface area contributed by atoms with E-state index in [1.165, 1.54) is 0 Å². The lowest BCUT2D eigenvalue weighted by molar-refractivity contribution is -0.120. The van der Waals surface area contributed by atoms with E-state index in [-0.39, 0.29) is 11.2 Å². The van der Waals surface area contributed by atoms with Gasteiger partial charge in [-0.3, -0.25) is 4.79 Å². The Hall–Kier alpha value is -2.25. The summed E-state index contributed by atoms with van der Waals surface area (Å²) in [5.74, 6) is -0.0912. The van der Waals surface area contributed by atoms with Crippen LogP contribution < -0.4 is 5.32 Å². The molecule has 2 aromatic rings. The van der Waals surface area contributed by atoms with Gasteiger partial charge in [0.2, 0.25) is 5.91 Å². The van der Waals surface area contributed by atoms with Crippen molar-refractivity contribution >= 4 is 18.5 Å². The largest absolute Gasteiger partial charge is 0.351 e. The molecule has 0 heterocycles. The van der Waals surface area contributed by atoms with E-state index in [9.17, 15) is 4.79 Å². The van der Waals surface area contributed by atoms with Gasteiger partial charge in [0, 0.05) is 6.54 Å².